The van der Waals surface area contributed by atoms with E-state index in [0.717, 1.165) is 22.9 Å². The SMILES string of the molecule is CCNC(c1sccc1Cl)C(C)(CC)OC. The summed E-state index contributed by atoms with van der Waals surface area (Å²) in [6.07, 6.45) is 0.940. The minimum Gasteiger partial charge on any atom is -0.377 e. The van der Waals surface area contributed by atoms with Crippen LogP contribution in [0.4, 0.5) is 0 Å². The van der Waals surface area contributed by atoms with E-state index in [-0.39, 0.29) is 11.6 Å². The Morgan fingerprint density at radius 2 is 2.25 bits per heavy atom. The van der Waals surface area contributed by atoms with Gasteiger partial charge in [0.25, 0.3) is 0 Å². The smallest absolute Gasteiger partial charge is 0.0850 e. The van der Waals surface area contributed by atoms with E-state index in [1.165, 1.54) is 0 Å². The van der Waals surface area contributed by atoms with Gasteiger partial charge in [0.15, 0.2) is 0 Å². The highest BCUT2D eigenvalue weighted by Gasteiger charge is 2.35. The lowest BCUT2D eigenvalue weighted by molar-refractivity contribution is -0.0286. The van der Waals surface area contributed by atoms with Gasteiger partial charge in [-0.2, -0.15) is 0 Å². The second-order valence-electron chi connectivity index (χ2n) is 3.99. The maximum atomic E-state index is 6.21. The first kappa shape index (κ1) is 14.0. The van der Waals surface area contributed by atoms with Gasteiger partial charge in [-0.1, -0.05) is 25.4 Å². The van der Waals surface area contributed by atoms with Gasteiger partial charge in [0.1, 0.15) is 0 Å². The molecule has 2 nitrogen and oxygen atoms in total. The molecule has 0 aliphatic rings. The second-order valence-corrected chi connectivity index (χ2v) is 5.35. The Morgan fingerprint density at radius 3 is 2.62 bits per heavy atom. The molecular weight excluding hydrogens is 242 g/mol. The van der Waals surface area contributed by atoms with Gasteiger partial charge >= 0.3 is 0 Å². The maximum Gasteiger partial charge on any atom is 0.0850 e. The van der Waals surface area contributed by atoms with Gasteiger partial charge in [0.2, 0.25) is 0 Å². The Bertz CT molecular complexity index is 323. The van der Waals surface area contributed by atoms with Gasteiger partial charge < -0.3 is 10.1 Å². The Balaban J connectivity index is 3.03. The molecule has 0 saturated carbocycles. The van der Waals surface area contributed by atoms with Crippen LogP contribution in [0.25, 0.3) is 0 Å². The molecule has 0 amide bonds. The maximum absolute atomic E-state index is 6.21. The highest BCUT2D eigenvalue weighted by atomic mass is 35.5. The highest BCUT2D eigenvalue weighted by molar-refractivity contribution is 7.10. The number of likely N-dealkylation sites (N-methyl/N-ethyl adjacent to an activating group) is 1. The van der Waals surface area contributed by atoms with Gasteiger partial charge in [-0.25, -0.2) is 0 Å². The summed E-state index contributed by atoms with van der Waals surface area (Å²) in [6.45, 7) is 7.25. The van der Waals surface area contributed by atoms with E-state index in [0.29, 0.717) is 0 Å². The number of thiophene rings is 1. The molecule has 4 heteroatoms. The lowest BCUT2D eigenvalue weighted by atomic mass is 9.92. The summed E-state index contributed by atoms with van der Waals surface area (Å²) < 4.78 is 5.67. The third-order valence-electron chi connectivity index (χ3n) is 3.09. The topological polar surface area (TPSA) is 21.3 Å². The van der Waals surface area contributed by atoms with Gasteiger partial charge in [-0.3, -0.25) is 0 Å². The predicted octanol–water partition coefficient (Wildman–Crippen LogP) is 3.87. The van der Waals surface area contributed by atoms with Gasteiger partial charge in [-0.15, -0.1) is 11.3 Å². The van der Waals surface area contributed by atoms with E-state index in [4.69, 9.17) is 16.3 Å². The number of ether oxygens (including phenoxy) is 1. The summed E-state index contributed by atoms with van der Waals surface area (Å²) in [7, 11) is 1.76. The monoisotopic (exact) mass is 261 g/mol. The molecule has 0 aliphatic heterocycles. The zero-order chi connectivity index (χ0) is 12.2. The normalized spacial score (nSPS) is 17.1. The molecule has 0 aromatic carbocycles. The van der Waals surface area contributed by atoms with Crippen molar-refractivity contribution in [1.82, 2.24) is 5.32 Å². The molecule has 0 bridgehead atoms. The largest absolute Gasteiger partial charge is 0.377 e. The van der Waals surface area contributed by atoms with E-state index in [2.05, 4.69) is 26.1 Å². The van der Waals surface area contributed by atoms with Crippen LogP contribution >= 0.6 is 22.9 Å². The Hall–Kier alpha value is -0.0900. The van der Waals surface area contributed by atoms with Gasteiger partial charge in [0, 0.05) is 12.0 Å². The summed E-state index contributed by atoms with van der Waals surface area (Å²) in [4.78, 5) is 1.16. The Morgan fingerprint density at radius 1 is 1.56 bits per heavy atom. The summed E-state index contributed by atoms with van der Waals surface area (Å²) in [6, 6.07) is 2.09. The molecule has 0 radical (unpaired) electrons. The zero-order valence-corrected chi connectivity index (χ0v) is 11.9. The van der Waals surface area contributed by atoms with Crippen molar-refractivity contribution in [2.24, 2.45) is 0 Å². The van der Waals surface area contributed by atoms with Crippen molar-refractivity contribution in [1.29, 1.82) is 0 Å². The van der Waals surface area contributed by atoms with Crippen LogP contribution in [0.3, 0.4) is 0 Å². The fourth-order valence-corrected chi connectivity index (χ4v) is 3.15. The van der Waals surface area contributed by atoms with Crippen LogP contribution in [0.2, 0.25) is 5.02 Å². The number of methoxy groups -OCH3 is 1. The van der Waals surface area contributed by atoms with Crippen molar-refractivity contribution in [3.63, 3.8) is 0 Å². The second kappa shape index (κ2) is 6.01. The molecule has 2 atom stereocenters. The van der Waals surface area contributed by atoms with Crippen LogP contribution in [0, 0.1) is 0 Å². The molecule has 0 saturated heterocycles. The number of rotatable bonds is 6. The minimum absolute atomic E-state index is 0.153. The molecule has 0 spiro atoms. The Labute approximate surface area is 107 Å². The molecule has 1 aromatic rings. The lowest BCUT2D eigenvalue weighted by Gasteiger charge is -2.36. The van der Waals surface area contributed by atoms with E-state index in [9.17, 15) is 0 Å². The fraction of sp³-hybridized carbons (Fsp3) is 0.667. The van der Waals surface area contributed by atoms with Crippen LogP contribution in [0.5, 0.6) is 0 Å². The number of nitrogens with one attached hydrogen (secondary N) is 1. The summed E-state index contributed by atoms with van der Waals surface area (Å²) in [5, 5.41) is 6.32. The Kier molecular flexibility index (Phi) is 5.25. The summed E-state index contributed by atoms with van der Waals surface area (Å²) in [5.41, 5.74) is -0.218. The van der Waals surface area contributed by atoms with Crippen LogP contribution in [0.15, 0.2) is 11.4 Å². The minimum atomic E-state index is -0.218. The molecule has 2 unspecified atom stereocenters. The average Bonchev–Trinajstić information content (AvgIpc) is 2.71. The van der Waals surface area contributed by atoms with E-state index < -0.39 is 0 Å². The van der Waals surface area contributed by atoms with Crippen molar-refractivity contribution in [2.45, 2.75) is 38.8 Å². The van der Waals surface area contributed by atoms with Crippen molar-refractivity contribution >= 4 is 22.9 Å². The first-order valence-electron chi connectivity index (χ1n) is 5.60. The first-order chi connectivity index (χ1) is 7.59. The third kappa shape index (κ3) is 2.77. The van der Waals surface area contributed by atoms with Crippen molar-refractivity contribution < 1.29 is 4.74 Å². The third-order valence-corrected chi connectivity index (χ3v) is 4.52. The number of halogens is 1. The number of hydrogen-bond donors (Lipinski definition) is 1. The van der Waals surface area contributed by atoms with E-state index >= 15 is 0 Å². The van der Waals surface area contributed by atoms with E-state index in [1.54, 1.807) is 18.4 Å². The van der Waals surface area contributed by atoms with Crippen LogP contribution in [-0.4, -0.2) is 19.3 Å². The molecule has 92 valence electrons. The lowest BCUT2D eigenvalue weighted by Crippen LogP contribution is -2.42. The van der Waals surface area contributed by atoms with Crippen molar-refractivity contribution in [3.8, 4) is 0 Å². The van der Waals surface area contributed by atoms with Gasteiger partial charge in [-0.05, 0) is 31.3 Å². The zero-order valence-electron chi connectivity index (χ0n) is 10.3. The standard InChI is InChI=1S/C12H20ClNOS/c1-5-12(3,15-4)11(14-6-2)10-9(13)7-8-16-10/h7-8,11,14H,5-6H2,1-4H3. The molecule has 0 fully saturated rings. The van der Waals surface area contributed by atoms with Gasteiger partial charge in [0.05, 0.1) is 16.7 Å². The van der Waals surface area contributed by atoms with Crippen LogP contribution in [0.1, 0.15) is 38.1 Å². The van der Waals surface area contributed by atoms with Crippen molar-refractivity contribution in [3.05, 3.63) is 21.3 Å². The predicted molar refractivity (Wildman–Crippen MR) is 71.5 cm³/mol. The molecule has 16 heavy (non-hydrogen) atoms. The molecule has 1 aromatic heterocycles. The highest BCUT2D eigenvalue weighted by Crippen LogP contribution is 2.38. The average molecular weight is 262 g/mol. The summed E-state index contributed by atoms with van der Waals surface area (Å²) in [5.74, 6) is 0. The molecule has 0 aliphatic carbocycles. The summed E-state index contributed by atoms with van der Waals surface area (Å²) >= 11 is 7.89. The first-order valence-corrected chi connectivity index (χ1v) is 6.86. The molecular formula is C12H20ClNOS. The van der Waals surface area contributed by atoms with Crippen molar-refractivity contribution in [2.75, 3.05) is 13.7 Å². The van der Waals surface area contributed by atoms with Crippen LogP contribution < -0.4 is 5.32 Å². The van der Waals surface area contributed by atoms with E-state index in [1.807, 2.05) is 11.4 Å². The molecule has 1 rings (SSSR count). The molecule has 1 heterocycles. The number of hydrogen-bond acceptors (Lipinski definition) is 3. The fourth-order valence-electron chi connectivity index (χ4n) is 1.77. The van der Waals surface area contributed by atoms with Crippen LogP contribution in [-0.2, 0) is 4.74 Å². The molecule has 1 N–H and O–H groups in total. The quantitative estimate of drug-likeness (QED) is 0.840.